The van der Waals surface area contributed by atoms with Gasteiger partial charge < -0.3 is 9.47 Å². The van der Waals surface area contributed by atoms with Gasteiger partial charge in [0, 0.05) is 17.0 Å². The molecule has 142 valence electrons. The summed E-state index contributed by atoms with van der Waals surface area (Å²) in [6.45, 7) is 2.13. The Morgan fingerprint density at radius 1 is 1.07 bits per heavy atom. The fraction of sp³-hybridized carbons (Fsp3) is 0.211. The molecule has 0 fully saturated rings. The van der Waals surface area contributed by atoms with Crippen LogP contribution in [0.2, 0.25) is 0 Å². The lowest BCUT2D eigenvalue weighted by Gasteiger charge is -2.10. The summed E-state index contributed by atoms with van der Waals surface area (Å²) in [7, 11) is -0.740. The second-order valence-corrected chi connectivity index (χ2v) is 8.43. The minimum atomic E-state index is -3.70. The number of thiazole rings is 1. The molecular formula is C19H20N2O4S2. The predicted molar refractivity (Wildman–Crippen MR) is 106 cm³/mol. The summed E-state index contributed by atoms with van der Waals surface area (Å²) >= 11 is 1.49. The van der Waals surface area contributed by atoms with Gasteiger partial charge in [0.05, 0.1) is 31.4 Å². The highest BCUT2D eigenvalue weighted by Gasteiger charge is 2.17. The Morgan fingerprint density at radius 3 is 2.52 bits per heavy atom. The maximum Gasteiger partial charge on any atom is 0.241 e. The van der Waals surface area contributed by atoms with Crippen LogP contribution < -0.4 is 14.2 Å². The Kier molecular flexibility index (Phi) is 5.79. The van der Waals surface area contributed by atoms with E-state index in [1.165, 1.54) is 37.7 Å². The van der Waals surface area contributed by atoms with Gasteiger partial charge in [-0.1, -0.05) is 24.3 Å². The van der Waals surface area contributed by atoms with Crippen LogP contribution in [0.4, 0.5) is 0 Å². The van der Waals surface area contributed by atoms with Gasteiger partial charge in [-0.15, -0.1) is 11.3 Å². The van der Waals surface area contributed by atoms with E-state index in [9.17, 15) is 8.42 Å². The van der Waals surface area contributed by atoms with E-state index in [-0.39, 0.29) is 11.4 Å². The molecule has 8 heteroatoms. The van der Waals surface area contributed by atoms with Crippen LogP contribution in [0.15, 0.2) is 52.7 Å². The van der Waals surface area contributed by atoms with Gasteiger partial charge >= 0.3 is 0 Å². The molecule has 0 unspecified atom stereocenters. The Labute approximate surface area is 162 Å². The summed E-state index contributed by atoms with van der Waals surface area (Å²) < 4.78 is 38.0. The van der Waals surface area contributed by atoms with E-state index in [2.05, 4.69) is 9.71 Å². The molecule has 6 nitrogen and oxygen atoms in total. The number of methoxy groups -OCH3 is 2. The van der Waals surface area contributed by atoms with E-state index in [1.807, 2.05) is 36.6 Å². The van der Waals surface area contributed by atoms with Crippen LogP contribution in [0.1, 0.15) is 11.3 Å². The third-order valence-corrected chi connectivity index (χ3v) is 6.36. The van der Waals surface area contributed by atoms with E-state index in [1.54, 1.807) is 6.07 Å². The second-order valence-electron chi connectivity index (χ2n) is 5.80. The summed E-state index contributed by atoms with van der Waals surface area (Å²) in [6, 6.07) is 12.4. The molecule has 1 N–H and O–H groups in total. The molecule has 0 amide bonds. The van der Waals surface area contributed by atoms with Gasteiger partial charge in [-0.3, -0.25) is 0 Å². The number of nitrogens with zero attached hydrogens (tertiary/aromatic N) is 1. The lowest BCUT2D eigenvalue weighted by Crippen LogP contribution is -2.23. The summed E-state index contributed by atoms with van der Waals surface area (Å²) in [5, 5.41) is 2.73. The van der Waals surface area contributed by atoms with Crippen LogP contribution in [-0.4, -0.2) is 27.6 Å². The van der Waals surface area contributed by atoms with E-state index < -0.39 is 10.0 Å². The lowest BCUT2D eigenvalue weighted by atomic mass is 10.1. The summed E-state index contributed by atoms with van der Waals surface area (Å²) in [4.78, 5) is 4.65. The molecule has 0 saturated carbocycles. The molecule has 0 saturated heterocycles. The second kappa shape index (κ2) is 8.08. The number of nitrogens with one attached hydrogen (secondary N) is 1. The SMILES string of the molecule is COc1ccc(S(=O)(=O)NCc2csc(-c3ccccc3C)n2)cc1OC. The molecular weight excluding hydrogens is 384 g/mol. The quantitative estimate of drug-likeness (QED) is 0.651. The number of hydrogen-bond acceptors (Lipinski definition) is 6. The van der Waals surface area contributed by atoms with Gasteiger partial charge in [0.15, 0.2) is 11.5 Å². The molecule has 1 aromatic heterocycles. The molecule has 0 aliphatic carbocycles. The van der Waals surface area contributed by atoms with Crippen LogP contribution in [0, 0.1) is 6.92 Å². The molecule has 3 rings (SSSR count). The first-order valence-corrected chi connectivity index (χ1v) is 10.5. The number of benzene rings is 2. The van der Waals surface area contributed by atoms with E-state index >= 15 is 0 Å². The third kappa shape index (κ3) is 4.29. The molecule has 0 aliphatic rings. The Morgan fingerprint density at radius 2 is 1.81 bits per heavy atom. The number of sulfonamides is 1. The fourth-order valence-corrected chi connectivity index (χ4v) is 4.48. The molecule has 27 heavy (non-hydrogen) atoms. The average Bonchev–Trinajstić information content (AvgIpc) is 3.15. The zero-order valence-electron chi connectivity index (χ0n) is 15.2. The molecule has 0 bridgehead atoms. The molecule has 2 aromatic carbocycles. The number of ether oxygens (including phenoxy) is 2. The highest BCUT2D eigenvalue weighted by Crippen LogP contribution is 2.30. The normalized spacial score (nSPS) is 11.4. The topological polar surface area (TPSA) is 77.5 Å². The number of rotatable bonds is 7. The van der Waals surface area contributed by atoms with Gasteiger partial charge in [0.25, 0.3) is 0 Å². The Bertz CT molecular complexity index is 1050. The predicted octanol–water partition coefficient (Wildman–Crippen LogP) is 3.61. The molecule has 0 aliphatic heterocycles. The van der Waals surface area contributed by atoms with E-state index in [0.29, 0.717) is 17.2 Å². The van der Waals surface area contributed by atoms with Crippen molar-refractivity contribution < 1.29 is 17.9 Å². The average molecular weight is 405 g/mol. The Hall–Kier alpha value is -2.42. The van der Waals surface area contributed by atoms with Crippen molar-refractivity contribution in [2.75, 3.05) is 14.2 Å². The van der Waals surface area contributed by atoms with Gasteiger partial charge in [-0.2, -0.15) is 0 Å². The fourth-order valence-electron chi connectivity index (χ4n) is 2.56. The zero-order chi connectivity index (χ0) is 19.4. The first kappa shape index (κ1) is 19.3. The van der Waals surface area contributed by atoms with E-state index in [0.717, 1.165) is 16.1 Å². The van der Waals surface area contributed by atoms with Crippen molar-refractivity contribution >= 4 is 21.4 Å². The van der Waals surface area contributed by atoms with Crippen molar-refractivity contribution in [1.29, 1.82) is 0 Å². The van der Waals surface area contributed by atoms with Crippen LogP contribution in [0.5, 0.6) is 11.5 Å². The molecule has 0 radical (unpaired) electrons. The molecule has 1 heterocycles. The molecule has 3 aromatic rings. The summed E-state index contributed by atoms with van der Waals surface area (Å²) in [5.74, 6) is 0.828. The minimum absolute atomic E-state index is 0.106. The lowest BCUT2D eigenvalue weighted by molar-refractivity contribution is 0.354. The Balaban J connectivity index is 1.76. The van der Waals surface area contributed by atoms with Crippen LogP contribution >= 0.6 is 11.3 Å². The summed E-state index contributed by atoms with van der Waals surface area (Å²) in [6.07, 6.45) is 0. The van der Waals surface area contributed by atoms with Gasteiger partial charge in [-0.05, 0) is 24.6 Å². The number of aryl methyl sites for hydroxylation is 1. The smallest absolute Gasteiger partial charge is 0.241 e. The van der Waals surface area contributed by atoms with Crippen molar-refractivity contribution in [2.45, 2.75) is 18.4 Å². The van der Waals surface area contributed by atoms with Crippen molar-refractivity contribution in [3.63, 3.8) is 0 Å². The molecule has 0 spiro atoms. The first-order chi connectivity index (χ1) is 12.9. The first-order valence-electron chi connectivity index (χ1n) is 8.16. The van der Waals surface area contributed by atoms with Crippen LogP contribution in [-0.2, 0) is 16.6 Å². The highest BCUT2D eigenvalue weighted by atomic mass is 32.2. The monoisotopic (exact) mass is 404 g/mol. The highest BCUT2D eigenvalue weighted by molar-refractivity contribution is 7.89. The van der Waals surface area contributed by atoms with Gasteiger partial charge in [0.2, 0.25) is 10.0 Å². The zero-order valence-corrected chi connectivity index (χ0v) is 16.9. The van der Waals surface area contributed by atoms with Gasteiger partial charge in [-0.25, -0.2) is 18.1 Å². The van der Waals surface area contributed by atoms with Crippen molar-refractivity contribution in [3.8, 4) is 22.1 Å². The van der Waals surface area contributed by atoms with Gasteiger partial charge in [0.1, 0.15) is 5.01 Å². The number of aromatic nitrogens is 1. The minimum Gasteiger partial charge on any atom is -0.493 e. The number of hydrogen-bond donors (Lipinski definition) is 1. The maximum atomic E-state index is 12.6. The van der Waals surface area contributed by atoms with Crippen LogP contribution in [0.25, 0.3) is 10.6 Å². The summed E-state index contributed by atoms with van der Waals surface area (Å²) in [5.41, 5.74) is 2.85. The van der Waals surface area contributed by atoms with Crippen molar-refractivity contribution in [3.05, 3.63) is 59.1 Å². The third-order valence-electron chi connectivity index (χ3n) is 4.04. The maximum absolute atomic E-state index is 12.6. The van der Waals surface area contributed by atoms with E-state index in [4.69, 9.17) is 9.47 Å². The van der Waals surface area contributed by atoms with Crippen LogP contribution in [0.3, 0.4) is 0 Å². The molecule has 0 atom stereocenters. The van der Waals surface area contributed by atoms with Crippen molar-refractivity contribution in [2.24, 2.45) is 0 Å². The standard InChI is InChI=1S/C19H20N2O4S2/c1-13-6-4-5-7-16(13)19-21-14(12-26-19)11-20-27(22,23)15-8-9-17(24-2)18(10-15)25-3/h4-10,12,20H,11H2,1-3H3. The van der Waals surface area contributed by atoms with Crippen molar-refractivity contribution in [1.82, 2.24) is 9.71 Å². The largest absolute Gasteiger partial charge is 0.493 e.